The first-order valence-electron chi connectivity index (χ1n) is 7.21. The van der Waals surface area contributed by atoms with Crippen LogP contribution >= 0.6 is 0 Å². The lowest BCUT2D eigenvalue weighted by atomic mass is 10.1. The van der Waals surface area contributed by atoms with E-state index in [0.29, 0.717) is 25.2 Å². The van der Waals surface area contributed by atoms with Gasteiger partial charge in [-0.2, -0.15) is 0 Å². The first-order valence-corrected chi connectivity index (χ1v) is 7.21. The first-order chi connectivity index (χ1) is 8.60. The maximum atomic E-state index is 12.6. The van der Waals surface area contributed by atoms with Crippen LogP contribution in [0.2, 0.25) is 0 Å². The molecule has 18 heavy (non-hydrogen) atoms. The fourth-order valence-electron chi connectivity index (χ4n) is 2.47. The molecule has 0 bridgehead atoms. The topological polar surface area (TPSA) is 41.6 Å². The Morgan fingerprint density at radius 2 is 2.06 bits per heavy atom. The van der Waals surface area contributed by atoms with Crippen molar-refractivity contribution in [2.75, 3.05) is 26.3 Å². The van der Waals surface area contributed by atoms with E-state index in [1.54, 1.807) is 0 Å². The standard InChI is InChI=1S/C14H28N2O2/c1-5-12(6-2)16(9-11(3)4)14(17)13-10-18-8-7-15-13/h11-13,15H,5-10H2,1-4H3. The van der Waals surface area contributed by atoms with Gasteiger partial charge in [-0.05, 0) is 18.8 Å². The molecule has 1 fully saturated rings. The molecule has 4 heteroatoms. The highest BCUT2D eigenvalue weighted by molar-refractivity contribution is 5.82. The summed E-state index contributed by atoms with van der Waals surface area (Å²) in [4.78, 5) is 14.6. The molecule has 0 radical (unpaired) electrons. The molecule has 1 amide bonds. The molecule has 0 aromatic carbocycles. The van der Waals surface area contributed by atoms with Crippen LogP contribution in [-0.2, 0) is 9.53 Å². The summed E-state index contributed by atoms with van der Waals surface area (Å²) in [6, 6.07) is 0.196. The zero-order valence-electron chi connectivity index (χ0n) is 12.2. The molecule has 1 N–H and O–H groups in total. The molecule has 1 atom stereocenters. The SMILES string of the molecule is CCC(CC)N(CC(C)C)C(=O)C1COCCN1. The molecule has 106 valence electrons. The zero-order chi connectivity index (χ0) is 13.5. The second kappa shape index (κ2) is 7.74. The van der Waals surface area contributed by atoms with Crippen LogP contribution in [0.5, 0.6) is 0 Å². The highest BCUT2D eigenvalue weighted by Gasteiger charge is 2.29. The average molecular weight is 256 g/mol. The van der Waals surface area contributed by atoms with E-state index in [1.807, 2.05) is 0 Å². The summed E-state index contributed by atoms with van der Waals surface area (Å²) in [6.07, 6.45) is 2.03. The fourth-order valence-corrected chi connectivity index (χ4v) is 2.47. The molecular weight excluding hydrogens is 228 g/mol. The van der Waals surface area contributed by atoms with E-state index in [1.165, 1.54) is 0 Å². The number of hydrogen-bond donors (Lipinski definition) is 1. The second-order valence-corrected chi connectivity index (χ2v) is 5.44. The van der Waals surface area contributed by atoms with Crippen LogP contribution in [-0.4, -0.2) is 49.2 Å². The number of ether oxygens (including phenoxy) is 1. The molecule has 1 aliphatic rings. The monoisotopic (exact) mass is 256 g/mol. The van der Waals surface area contributed by atoms with Crippen molar-refractivity contribution in [1.29, 1.82) is 0 Å². The van der Waals surface area contributed by atoms with Gasteiger partial charge >= 0.3 is 0 Å². The average Bonchev–Trinajstić information content (AvgIpc) is 2.38. The lowest BCUT2D eigenvalue weighted by Crippen LogP contribution is -2.55. The maximum absolute atomic E-state index is 12.6. The Labute approximate surface area is 111 Å². The minimum atomic E-state index is -0.155. The van der Waals surface area contributed by atoms with Crippen molar-refractivity contribution in [2.45, 2.75) is 52.6 Å². The van der Waals surface area contributed by atoms with Crippen LogP contribution in [0, 0.1) is 5.92 Å². The summed E-state index contributed by atoms with van der Waals surface area (Å²) < 4.78 is 5.40. The summed E-state index contributed by atoms with van der Waals surface area (Å²) in [6.45, 7) is 11.4. The normalized spacial score (nSPS) is 20.4. The van der Waals surface area contributed by atoms with Crippen molar-refractivity contribution in [3.05, 3.63) is 0 Å². The van der Waals surface area contributed by atoms with E-state index in [-0.39, 0.29) is 11.9 Å². The highest BCUT2D eigenvalue weighted by Crippen LogP contribution is 2.14. The Hall–Kier alpha value is -0.610. The summed E-state index contributed by atoms with van der Waals surface area (Å²) in [5, 5.41) is 3.26. The van der Waals surface area contributed by atoms with Crippen LogP contribution in [0.15, 0.2) is 0 Å². The van der Waals surface area contributed by atoms with E-state index < -0.39 is 0 Å². The van der Waals surface area contributed by atoms with E-state index in [0.717, 1.165) is 25.9 Å². The third kappa shape index (κ3) is 4.25. The number of carbonyl (C=O) groups is 1. The largest absolute Gasteiger partial charge is 0.378 e. The van der Waals surface area contributed by atoms with E-state index in [9.17, 15) is 4.79 Å². The van der Waals surface area contributed by atoms with Gasteiger partial charge in [-0.1, -0.05) is 27.7 Å². The molecular formula is C14H28N2O2. The molecule has 1 aliphatic heterocycles. The van der Waals surface area contributed by atoms with E-state index >= 15 is 0 Å². The Balaban J connectivity index is 2.70. The quantitative estimate of drug-likeness (QED) is 0.785. The Morgan fingerprint density at radius 1 is 1.39 bits per heavy atom. The Kier molecular flexibility index (Phi) is 6.65. The van der Waals surface area contributed by atoms with Crippen LogP contribution in [0.4, 0.5) is 0 Å². The number of nitrogens with zero attached hydrogens (tertiary/aromatic N) is 1. The molecule has 4 nitrogen and oxygen atoms in total. The molecule has 0 aromatic heterocycles. The van der Waals surface area contributed by atoms with Gasteiger partial charge in [0, 0.05) is 19.1 Å². The summed E-state index contributed by atoms with van der Waals surface area (Å²) in [5.41, 5.74) is 0. The van der Waals surface area contributed by atoms with Crippen LogP contribution in [0.3, 0.4) is 0 Å². The van der Waals surface area contributed by atoms with Gasteiger partial charge in [-0.25, -0.2) is 0 Å². The highest BCUT2D eigenvalue weighted by atomic mass is 16.5. The third-order valence-corrected chi connectivity index (χ3v) is 3.45. The van der Waals surface area contributed by atoms with Gasteiger partial charge in [0.25, 0.3) is 0 Å². The van der Waals surface area contributed by atoms with Gasteiger partial charge in [0.05, 0.1) is 13.2 Å². The smallest absolute Gasteiger partial charge is 0.242 e. The van der Waals surface area contributed by atoms with E-state index in [2.05, 4.69) is 37.9 Å². The zero-order valence-corrected chi connectivity index (χ0v) is 12.2. The van der Waals surface area contributed by atoms with Crippen molar-refractivity contribution in [1.82, 2.24) is 10.2 Å². The molecule has 0 spiro atoms. The maximum Gasteiger partial charge on any atom is 0.242 e. The van der Waals surface area contributed by atoms with E-state index in [4.69, 9.17) is 4.74 Å². The molecule has 0 saturated carbocycles. The van der Waals surface area contributed by atoms with Crippen molar-refractivity contribution in [3.8, 4) is 0 Å². The predicted octanol–water partition coefficient (Wildman–Crippen LogP) is 1.65. The van der Waals surface area contributed by atoms with Gasteiger partial charge in [-0.15, -0.1) is 0 Å². The molecule has 1 rings (SSSR count). The minimum absolute atomic E-state index is 0.155. The van der Waals surface area contributed by atoms with Crippen LogP contribution < -0.4 is 5.32 Å². The molecule has 0 aliphatic carbocycles. The Bertz CT molecular complexity index is 246. The predicted molar refractivity (Wildman–Crippen MR) is 73.5 cm³/mol. The summed E-state index contributed by atoms with van der Waals surface area (Å²) >= 11 is 0. The van der Waals surface area contributed by atoms with Crippen molar-refractivity contribution < 1.29 is 9.53 Å². The van der Waals surface area contributed by atoms with Gasteiger partial charge in [0.2, 0.25) is 5.91 Å². The lowest BCUT2D eigenvalue weighted by molar-refractivity contribution is -0.139. The number of amides is 1. The van der Waals surface area contributed by atoms with Gasteiger partial charge in [0.15, 0.2) is 0 Å². The number of morpholine rings is 1. The van der Waals surface area contributed by atoms with Crippen molar-refractivity contribution in [2.24, 2.45) is 5.92 Å². The lowest BCUT2D eigenvalue weighted by Gasteiger charge is -2.36. The van der Waals surface area contributed by atoms with Gasteiger partial charge < -0.3 is 15.0 Å². The number of hydrogen-bond acceptors (Lipinski definition) is 3. The number of nitrogens with one attached hydrogen (secondary N) is 1. The third-order valence-electron chi connectivity index (χ3n) is 3.45. The van der Waals surface area contributed by atoms with Gasteiger partial charge in [-0.3, -0.25) is 4.79 Å². The molecule has 1 heterocycles. The first kappa shape index (κ1) is 15.4. The second-order valence-electron chi connectivity index (χ2n) is 5.44. The molecule has 1 saturated heterocycles. The number of carbonyl (C=O) groups excluding carboxylic acids is 1. The summed E-state index contributed by atoms with van der Waals surface area (Å²) in [5.74, 6) is 0.705. The summed E-state index contributed by atoms with van der Waals surface area (Å²) in [7, 11) is 0. The fraction of sp³-hybridized carbons (Fsp3) is 0.929. The van der Waals surface area contributed by atoms with Crippen LogP contribution in [0.1, 0.15) is 40.5 Å². The minimum Gasteiger partial charge on any atom is -0.378 e. The van der Waals surface area contributed by atoms with Crippen molar-refractivity contribution in [3.63, 3.8) is 0 Å². The number of rotatable bonds is 6. The van der Waals surface area contributed by atoms with Gasteiger partial charge in [0.1, 0.15) is 6.04 Å². The van der Waals surface area contributed by atoms with Crippen molar-refractivity contribution >= 4 is 5.91 Å². The van der Waals surface area contributed by atoms with Crippen LogP contribution in [0.25, 0.3) is 0 Å². The molecule has 0 aromatic rings. The Morgan fingerprint density at radius 3 is 2.50 bits per heavy atom. The molecule has 1 unspecified atom stereocenters.